The Morgan fingerprint density at radius 3 is 2.46 bits per heavy atom. The average Bonchev–Trinajstić information content (AvgIpc) is 3.81. The molecule has 3 amide bonds. The molecule has 0 saturated carbocycles. The van der Waals surface area contributed by atoms with Crippen molar-refractivity contribution in [3.63, 3.8) is 0 Å². The van der Waals surface area contributed by atoms with Crippen LogP contribution in [0.3, 0.4) is 0 Å². The lowest BCUT2D eigenvalue weighted by Gasteiger charge is -2.37. The number of likely N-dealkylation sites (tertiary alicyclic amines) is 1. The summed E-state index contributed by atoms with van der Waals surface area (Å²) in [6.45, 7) is 9.25. The number of benzene rings is 2. The second-order valence-corrected chi connectivity index (χ2v) is 14.1. The molecule has 3 unspecified atom stereocenters. The van der Waals surface area contributed by atoms with E-state index in [1.807, 2.05) is 54.6 Å². The van der Waals surface area contributed by atoms with E-state index in [4.69, 9.17) is 4.74 Å². The van der Waals surface area contributed by atoms with E-state index < -0.39 is 29.6 Å². The summed E-state index contributed by atoms with van der Waals surface area (Å²) >= 11 is 3.80. The van der Waals surface area contributed by atoms with Gasteiger partial charge in [-0.05, 0) is 37.0 Å². The topological polar surface area (TPSA) is 121 Å². The standard InChI is InChI=1S/C36H43BrN6O5/c1-3-18-40(23-25-14-8-7-9-15-25)33(45)29-30-34(46)42(20-12-5-6-13-21-44)32(36(30)22-26(37)31(29)48-36)35(47)41(19-4-2)24-43-28-17-11-10-16-27(28)38-39-43/h3-4,7-11,14-17,26,29-32,44H,1-2,5-6,12-13,18-24H2/t26?,29-,30+,31-,32?,36?/m1/s1. The molecule has 6 rings (SSSR count). The summed E-state index contributed by atoms with van der Waals surface area (Å²) in [5.74, 6) is -2.25. The van der Waals surface area contributed by atoms with Gasteiger partial charge < -0.3 is 24.5 Å². The zero-order valence-corrected chi connectivity index (χ0v) is 28.7. The molecule has 0 aliphatic carbocycles. The van der Waals surface area contributed by atoms with Crippen molar-refractivity contribution in [3.8, 4) is 0 Å². The number of aliphatic hydroxyl groups excluding tert-OH is 1. The van der Waals surface area contributed by atoms with E-state index in [0.717, 1.165) is 23.9 Å². The van der Waals surface area contributed by atoms with Crippen LogP contribution in [-0.2, 0) is 32.3 Å². The number of amides is 3. The second-order valence-electron chi connectivity index (χ2n) is 12.9. The molecule has 6 atom stereocenters. The molecule has 12 heteroatoms. The van der Waals surface area contributed by atoms with Gasteiger partial charge in [-0.25, -0.2) is 4.68 Å². The molecule has 4 heterocycles. The summed E-state index contributed by atoms with van der Waals surface area (Å²) in [5, 5.41) is 17.8. The second kappa shape index (κ2) is 14.7. The Balaban J connectivity index is 1.35. The maximum atomic E-state index is 14.9. The molecule has 11 nitrogen and oxygen atoms in total. The Labute approximate surface area is 289 Å². The lowest BCUT2D eigenvalue weighted by atomic mass is 9.70. The van der Waals surface area contributed by atoms with Crippen LogP contribution >= 0.6 is 15.9 Å². The van der Waals surface area contributed by atoms with Crippen molar-refractivity contribution < 1.29 is 24.2 Å². The van der Waals surface area contributed by atoms with Crippen molar-refractivity contribution in [2.45, 2.75) is 67.9 Å². The van der Waals surface area contributed by atoms with Crippen LogP contribution in [0.15, 0.2) is 79.9 Å². The predicted octanol–water partition coefficient (Wildman–Crippen LogP) is 3.92. The smallest absolute Gasteiger partial charge is 0.250 e. The summed E-state index contributed by atoms with van der Waals surface area (Å²) in [6, 6.07) is 16.3. The SMILES string of the molecule is C=CCN(Cn1nnc2ccccc21)C(=O)C1N(CCCCCCO)C(=O)[C@@H]2[C@@H](C(=O)N(CC=C)Cc3ccccc3)[C@@H]3OC12CC3Br. The quantitative estimate of drug-likeness (QED) is 0.135. The molecule has 2 aromatic carbocycles. The molecular formula is C36H43BrN6O5. The summed E-state index contributed by atoms with van der Waals surface area (Å²) in [4.78, 5) is 48.8. The molecule has 1 spiro atoms. The van der Waals surface area contributed by atoms with Gasteiger partial charge in [-0.15, -0.1) is 18.3 Å². The normalized spacial score (nSPS) is 25.8. The molecule has 1 N–H and O–H groups in total. The minimum absolute atomic E-state index is 0.106. The van der Waals surface area contributed by atoms with E-state index in [0.29, 0.717) is 44.4 Å². The first kappa shape index (κ1) is 34.0. The van der Waals surface area contributed by atoms with Gasteiger partial charge in [-0.3, -0.25) is 14.4 Å². The molecule has 3 aliphatic heterocycles. The number of hydrogen-bond acceptors (Lipinski definition) is 7. The number of unbranched alkanes of at least 4 members (excludes halogenated alkanes) is 3. The minimum atomic E-state index is -1.19. The van der Waals surface area contributed by atoms with Crippen molar-refractivity contribution in [3.05, 3.63) is 85.5 Å². The fraction of sp³-hybridized carbons (Fsp3) is 0.472. The van der Waals surface area contributed by atoms with Crippen LogP contribution in [0.4, 0.5) is 0 Å². The molecular weight excluding hydrogens is 676 g/mol. The van der Waals surface area contributed by atoms with Crippen molar-refractivity contribution in [2.75, 3.05) is 26.2 Å². The third-order valence-corrected chi connectivity index (χ3v) is 10.7. The lowest BCUT2D eigenvalue weighted by Crippen LogP contribution is -2.57. The number of hydrogen-bond donors (Lipinski definition) is 1. The number of carbonyl (C=O) groups excluding carboxylic acids is 3. The average molecular weight is 720 g/mol. The summed E-state index contributed by atoms with van der Waals surface area (Å²) < 4.78 is 8.47. The number of rotatable bonds is 16. The Bertz CT molecular complexity index is 1650. The maximum absolute atomic E-state index is 14.9. The zero-order chi connectivity index (χ0) is 33.8. The number of carbonyl (C=O) groups is 3. The summed E-state index contributed by atoms with van der Waals surface area (Å²) in [5.41, 5.74) is 1.28. The van der Waals surface area contributed by atoms with Gasteiger partial charge in [0.2, 0.25) is 17.7 Å². The van der Waals surface area contributed by atoms with Gasteiger partial charge in [0.05, 0.1) is 23.5 Å². The monoisotopic (exact) mass is 718 g/mol. The predicted molar refractivity (Wildman–Crippen MR) is 184 cm³/mol. The van der Waals surface area contributed by atoms with E-state index in [1.165, 1.54) is 0 Å². The van der Waals surface area contributed by atoms with Crippen molar-refractivity contribution in [2.24, 2.45) is 11.8 Å². The van der Waals surface area contributed by atoms with E-state index in [1.54, 1.807) is 31.5 Å². The van der Waals surface area contributed by atoms with Gasteiger partial charge in [0.1, 0.15) is 23.8 Å². The van der Waals surface area contributed by atoms with Gasteiger partial charge in [0.15, 0.2) is 0 Å². The Kier molecular flexibility index (Phi) is 10.4. The molecule has 1 aromatic heterocycles. The van der Waals surface area contributed by atoms with Gasteiger partial charge in [-0.1, -0.05) is 88.6 Å². The fourth-order valence-electron chi connectivity index (χ4n) is 7.81. The third-order valence-electron chi connectivity index (χ3n) is 9.88. The van der Waals surface area contributed by atoms with E-state index in [9.17, 15) is 19.5 Å². The zero-order valence-electron chi connectivity index (χ0n) is 27.1. The summed E-state index contributed by atoms with van der Waals surface area (Å²) in [7, 11) is 0. The number of para-hydroxylation sites is 1. The fourth-order valence-corrected chi connectivity index (χ4v) is 8.75. The number of aliphatic hydroxyl groups is 1. The highest BCUT2D eigenvalue weighted by Crippen LogP contribution is 2.60. The number of alkyl halides is 1. The molecule has 3 aliphatic rings. The Morgan fingerprint density at radius 1 is 1.00 bits per heavy atom. The van der Waals surface area contributed by atoms with Gasteiger partial charge in [0, 0.05) is 37.6 Å². The lowest BCUT2D eigenvalue weighted by molar-refractivity contribution is -0.150. The van der Waals surface area contributed by atoms with E-state index in [-0.39, 0.29) is 42.4 Å². The molecule has 3 aromatic rings. The minimum Gasteiger partial charge on any atom is -0.396 e. The molecule has 2 bridgehead atoms. The number of fused-ring (bicyclic) bond motifs is 2. The van der Waals surface area contributed by atoms with Crippen LogP contribution < -0.4 is 0 Å². The van der Waals surface area contributed by atoms with Gasteiger partial charge in [0.25, 0.3) is 0 Å². The van der Waals surface area contributed by atoms with Crippen LogP contribution in [0, 0.1) is 11.8 Å². The number of aromatic nitrogens is 3. The maximum Gasteiger partial charge on any atom is 0.250 e. The highest BCUT2D eigenvalue weighted by molar-refractivity contribution is 9.09. The van der Waals surface area contributed by atoms with E-state index >= 15 is 0 Å². The van der Waals surface area contributed by atoms with Crippen LogP contribution in [0.2, 0.25) is 0 Å². The highest BCUT2D eigenvalue weighted by atomic mass is 79.9. The van der Waals surface area contributed by atoms with Crippen LogP contribution in [-0.4, -0.2) is 101 Å². The summed E-state index contributed by atoms with van der Waals surface area (Å²) in [6.07, 6.45) is 6.14. The molecule has 48 heavy (non-hydrogen) atoms. The third kappa shape index (κ3) is 6.21. The molecule has 254 valence electrons. The first-order valence-corrected chi connectivity index (χ1v) is 17.6. The van der Waals surface area contributed by atoms with Gasteiger partial charge in [-0.2, -0.15) is 0 Å². The number of ether oxygens (including phenoxy) is 1. The first-order valence-electron chi connectivity index (χ1n) is 16.7. The van der Waals surface area contributed by atoms with Crippen LogP contribution in [0.1, 0.15) is 37.7 Å². The first-order chi connectivity index (χ1) is 23.3. The largest absolute Gasteiger partial charge is 0.396 e. The number of nitrogens with zero attached hydrogens (tertiary/aromatic N) is 6. The van der Waals surface area contributed by atoms with E-state index in [2.05, 4.69) is 39.4 Å². The van der Waals surface area contributed by atoms with Crippen molar-refractivity contribution >= 4 is 44.7 Å². The Hall–Kier alpha value is -3.87. The van der Waals surface area contributed by atoms with Crippen LogP contribution in [0.25, 0.3) is 11.0 Å². The number of halogens is 1. The molecule has 3 fully saturated rings. The molecule has 0 radical (unpaired) electrons. The Morgan fingerprint density at radius 2 is 1.71 bits per heavy atom. The highest BCUT2D eigenvalue weighted by Gasteiger charge is 2.76. The van der Waals surface area contributed by atoms with Crippen molar-refractivity contribution in [1.82, 2.24) is 29.7 Å². The van der Waals surface area contributed by atoms with Gasteiger partial charge >= 0.3 is 0 Å². The molecule has 3 saturated heterocycles. The van der Waals surface area contributed by atoms with Crippen molar-refractivity contribution in [1.29, 1.82) is 0 Å². The van der Waals surface area contributed by atoms with Crippen LogP contribution in [0.5, 0.6) is 0 Å².